The van der Waals surface area contributed by atoms with Gasteiger partial charge in [0.25, 0.3) is 5.91 Å². The van der Waals surface area contributed by atoms with E-state index in [0.717, 1.165) is 0 Å². The maximum Gasteiger partial charge on any atom is 0.262 e. The molecule has 1 aliphatic rings. The van der Waals surface area contributed by atoms with Crippen LogP contribution in [-0.2, 0) is 26.1 Å². The van der Waals surface area contributed by atoms with Gasteiger partial charge in [-0.15, -0.1) is 0 Å². The molecule has 1 aliphatic carbocycles. The highest BCUT2D eigenvalue weighted by Gasteiger charge is 2.42. The number of hydroxylamine groups is 1. The Morgan fingerprint density at radius 1 is 1.12 bits per heavy atom. The highest BCUT2D eigenvalue weighted by Crippen LogP contribution is 2.35. The molecule has 1 aromatic carbocycles. The van der Waals surface area contributed by atoms with Gasteiger partial charge in [-0.3, -0.25) is 15.0 Å². The van der Waals surface area contributed by atoms with Crippen LogP contribution in [0.15, 0.2) is 53.7 Å². The molecule has 3 rings (SSSR count). The summed E-state index contributed by atoms with van der Waals surface area (Å²) in [6.07, 6.45) is 5.93. The quantitative estimate of drug-likeness (QED) is 0.387. The number of methoxy groups -OCH3 is 1. The van der Waals surface area contributed by atoms with E-state index in [0.29, 0.717) is 37.0 Å². The van der Waals surface area contributed by atoms with Crippen molar-refractivity contribution in [2.75, 3.05) is 7.11 Å². The molecule has 0 saturated heterocycles. The molecule has 1 fully saturated rings. The molecule has 1 atom stereocenters. The van der Waals surface area contributed by atoms with Gasteiger partial charge in [0.15, 0.2) is 0 Å². The average Bonchev–Trinajstić information content (AvgIpc) is 2.84. The number of ether oxygens (including phenoxy) is 2. The maximum absolute atomic E-state index is 13.8. The predicted molar refractivity (Wildman–Crippen MR) is 126 cm³/mol. The van der Waals surface area contributed by atoms with Gasteiger partial charge in [-0.05, 0) is 87.4 Å². The number of sulfonamides is 1. The molecular formula is C24H33N3O6S. The van der Waals surface area contributed by atoms with Crippen LogP contribution in [0.2, 0.25) is 0 Å². The van der Waals surface area contributed by atoms with E-state index < -0.39 is 22.0 Å². The molecule has 0 bridgehead atoms. The molecule has 2 aromatic rings. The van der Waals surface area contributed by atoms with E-state index in [1.165, 1.54) is 23.5 Å². The normalized spacial score (nSPS) is 19.7. The standard InChI is InChI=1S/C24H33N3O6S/c1-17(2)33-21-6-4-19(5-7-21)23(24(28)26-29)27(16-18-12-14-25-15-13-18)34(30,31)22-10-8-20(32-3)9-11-22/h8-15,17,19,21,23,29H,4-7,16H2,1-3H3,(H,26,28)/t19?,21?,23-/m1/s1. The zero-order valence-electron chi connectivity index (χ0n) is 19.8. The molecule has 9 nitrogen and oxygen atoms in total. The Labute approximate surface area is 201 Å². The first-order chi connectivity index (χ1) is 16.3. The van der Waals surface area contributed by atoms with Gasteiger partial charge in [-0.1, -0.05) is 0 Å². The first-order valence-corrected chi connectivity index (χ1v) is 12.8. The van der Waals surface area contributed by atoms with Gasteiger partial charge in [0.1, 0.15) is 11.8 Å². The summed E-state index contributed by atoms with van der Waals surface area (Å²) in [5, 5.41) is 9.55. The topological polar surface area (TPSA) is 118 Å². The fraction of sp³-hybridized carbons (Fsp3) is 0.500. The van der Waals surface area contributed by atoms with E-state index in [1.807, 2.05) is 13.8 Å². The van der Waals surface area contributed by atoms with E-state index in [2.05, 4.69) is 4.98 Å². The molecule has 186 valence electrons. The zero-order chi connectivity index (χ0) is 24.7. The Morgan fingerprint density at radius 3 is 2.26 bits per heavy atom. The molecule has 1 amide bonds. The van der Waals surface area contributed by atoms with Crippen LogP contribution in [0.4, 0.5) is 0 Å². The Kier molecular flexibility index (Phi) is 9.01. The fourth-order valence-electron chi connectivity index (χ4n) is 4.46. The third kappa shape index (κ3) is 6.32. The lowest BCUT2D eigenvalue weighted by Crippen LogP contribution is -2.53. The van der Waals surface area contributed by atoms with Crippen molar-refractivity contribution in [2.45, 2.75) is 69.2 Å². The van der Waals surface area contributed by atoms with Crippen molar-refractivity contribution in [3.63, 3.8) is 0 Å². The lowest BCUT2D eigenvalue weighted by Gasteiger charge is -2.38. The zero-order valence-corrected chi connectivity index (χ0v) is 20.6. The van der Waals surface area contributed by atoms with Crippen LogP contribution in [-0.4, -0.2) is 54.2 Å². The second-order valence-electron chi connectivity index (χ2n) is 8.72. The lowest BCUT2D eigenvalue weighted by atomic mass is 9.82. The van der Waals surface area contributed by atoms with Crippen LogP contribution >= 0.6 is 0 Å². The number of rotatable bonds is 10. The summed E-state index contributed by atoms with van der Waals surface area (Å²) >= 11 is 0. The van der Waals surface area contributed by atoms with Gasteiger partial charge >= 0.3 is 0 Å². The van der Waals surface area contributed by atoms with Crippen LogP contribution in [0.25, 0.3) is 0 Å². The minimum absolute atomic E-state index is 0.0370. The van der Waals surface area contributed by atoms with Crippen molar-refractivity contribution in [3.8, 4) is 5.75 Å². The summed E-state index contributed by atoms with van der Waals surface area (Å²) in [7, 11) is -2.61. The van der Waals surface area contributed by atoms with Gasteiger partial charge in [0.05, 0.1) is 24.2 Å². The maximum atomic E-state index is 13.8. The molecule has 0 aliphatic heterocycles. The number of carbonyl (C=O) groups excluding carboxylic acids is 1. The first kappa shape index (κ1) is 26.1. The van der Waals surface area contributed by atoms with Crippen molar-refractivity contribution in [2.24, 2.45) is 5.92 Å². The predicted octanol–water partition coefficient (Wildman–Crippen LogP) is 3.14. The molecule has 1 aromatic heterocycles. The van der Waals surface area contributed by atoms with Crippen LogP contribution in [0.5, 0.6) is 5.75 Å². The highest BCUT2D eigenvalue weighted by molar-refractivity contribution is 7.89. The fourth-order valence-corrected chi connectivity index (χ4v) is 6.09. The van der Waals surface area contributed by atoms with Gasteiger partial charge in [-0.2, -0.15) is 4.31 Å². The monoisotopic (exact) mass is 491 g/mol. The number of nitrogens with zero attached hydrogens (tertiary/aromatic N) is 2. The van der Waals surface area contributed by atoms with Crippen molar-refractivity contribution in [1.82, 2.24) is 14.8 Å². The SMILES string of the molecule is COc1ccc(S(=O)(=O)N(Cc2ccncc2)[C@@H](C(=O)NO)C2CCC(OC(C)C)CC2)cc1. The van der Waals surface area contributed by atoms with Gasteiger partial charge in [-0.25, -0.2) is 13.9 Å². The first-order valence-electron chi connectivity index (χ1n) is 11.4. The molecule has 2 N–H and O–H groups in total. The van der Waals surface area contributed by atoms with E-state index in [4.69, 9.17) is 9.47 Å². The minimum atomic E-state index is -4.11. The van der Waals surface area contributed by atoms with Crippen LogP contribution in [0.3, 0.4) is 0 Å². The number of amides is 1. The summed E-state index contributed by atoms with van der Waals surface area (Å²) in [5.41, 5.74) is 2.39. The van der Waals surface area contributed by atoms with E-state index >= 15 is 0 Å². The van der Waals surface area contributed by atoms with Crippen molar-refractivity contribution >= 4 is 15.9 Å². The summed E-state index contributed by atoms with van der Waals surface area (Å²) in [5.74, 6) is -0.513. The number of nitrogens with one attached hydrogen (secondary N) is 1. The smallest absolute Gasteiger partial charge is 0.262 e. The lowest BCUT2D eigenvalue weighted by molar-refractivity contribution is -0.136. The molecule has 0 spiro atoms. The number of hydrogen-bond donors (Lipinski definition) is 2. The summed E-state index contributed by atoms with van der Waals surface area (Å²) in [6, 6.07) is 8.35. The Bertz CT molecular complexity index is 1020. The second kappa shape index (κ2) is 11.7. The van der Waals surface area contributed by atoms with Crippen molar-refractivity contribution in [1.29, 1.82) is 0 Å². The molecule has 0 unspecified atom stereocenters. The number of hydrogen-bond acceptors (Lipinski definition) is 7. The molecule has 10 heteroatoms. The van der Waals surface area contributed by atoms with E-state index in [-0.39, 0.29) is 29.6 Å². The van der Waals surface area contributed by atoms with E-state index in [1.54, 1.807) is 42.1 Å². The number of aromatic nitrogens is 1. The number of pyridine rings is 1. The molecular weight excluding hydrogens is 458 g/mol. The summed E-state index contributed by atoms with van der Waals surface area (Å²) in [6.45, 7) is 3.91. The van der Waals surface area contributed by atoms with Crippen molar-refractivity contribution in [3.05, 3.63) is 54.4 Å². The molecule has 0 radical (unpaired) electrons. The average molecular weight is 492 g/mol. The Hall–Kier alpha value is -2.53. The molecule has 34 heavy (non-hydrogen) atoms. The van der Waals surface area contributed by atoms with Gasteiger partial charge in [0, 0.05) is 18.9 Å². The molecule has 1 heterocycles. The van der Waals surface area contributed by atoms with Crippen LogP contribution in [0.1, 0.15) is 45.1 Å². The summed E-state index contributed by atoms with van der Waals surface area (Å²) in [4.78, 5) is 17.0. The third-order valence-corrected chi connectivity index (χ3v) is 7.91. The number of benzene rings is 1. The highest BCUT2D eigenvalue weighted by atomic mass is 32.2. The largest absolute Gasteiger partial charge is 0.497 e. The number of carbonyl (C=O) groups is 1. The second-order valence-corrected chi connectivity index (χ2v) is 10.6. The van der Waals surface area contributed by atoms with Crippen LogP contribution < -0.4 is 10.2 Å². The minimum Gasteiger partial charge on any atom is -0.497 e. The van der Waals surface area contributed by atoms with Crippen molar-refractivity contribution < 1.29 is 27.9 Å². The Morgan fingerprint density at radius 2 is 1.74 bits per heavy atom. The Balaban J connectivity index is 1.98. The van der Waals surface area contributed by atoms with Gasteiger partial charge < -0.3 is 9.47 Å². The third-order valence-electron chi connectivity index (χ3n) is 6.07. The van der Waals surface area contributed by atoms with Crippen LogP contribution in [0, 0.1) is 5.92 Å². The molecule has 1 saturated carbocycles. The van der Waals surface area contributed by atoms with Gasteiger partial charge in [0.2, 0.25) is 10.0 Å². The summed E-state index contributed by atoms with van der Waals surface area (Å²) < 4.78 is 39.9. The van der Waals surface area contributed by atoms with E-state index in [9.17, 15) is 18.4 Å².